The molecule has 10 aliphatic heterocycles. The highest BCUT2D eigenvalue weighted by Gasteiger charge is 2.71. The van der Waals surface area contributed by atoms with Crippen LogP contribution in [0.15, 0.2) is 0 Å². The third-order valence-electron chi connectivity index (χ3n) is 26.6. The van der Waals surface area contributed by atoms with E-state index in [0.717, 1.165) is 12.8 Å². The molecule has 0 spiro atoms. The monoisotopic (exact) mass is 1760 g/mol. The summed E-state index contributed by atoms with van der Waals surface area (Å²) in [5.74, 6) is -10.5. The zero-order valence-electron chi connectivity index (χ0n) is 72.8. The predicted molar refractivity (Wildman–Crippen MR) is 411 cm³/mol. The fraction of sp³-hybridized carbons (Fsp3) is 0.791. The highest BCUT2D eigenvalue weighted by atomic mass is 16.7. The van der Waals surface area contributed by atoms with E-state index in [0.29, 0.717) is 83.5 Å². The molecule has 690 valence electrons. The van der Waals surface area contributed by atoms with Gasteiger partial charge in [0.15, 0.2) is 57.5 Å². The molecule has 15 aliphatic rings. The molecule has 10 saturated heterocycles. The van der Waals surface area contributed by atoms with Crippen molar-refractivity contribution >= 4 is 107 Å². The average Bonchev–Trinajstić information content (AvgIpc) is 1.55. The molecule has 0 radical (unpaired) electrons. The van der Waals surface area contributed by atoms with Gasteiger partial charge in [-0.15, -0.1) is 0 Å². The summed E-state index contributed by atoms with van der Waals surface area (Å²) in [4.78, 5) is 210. The number of carbonyl (C=O) groups excluding carboxylic acids is 18. The first kappa shape index (κ1) is 96.6. The van der Waals surface area contributed by atoms with Gasteiger partial charge in [-0.3, -0.25) is 62.3 Å². The van der Waals surface area contributed by atoms with E-state index < -0.39 is 163 Å². The fourth-order valence-electron chi connectivity index (χ4n) is 17.9. The predicted octanol–water partition coefficient (Wildman–Crippen LogP) is 5.21. The average molecular weight is 1760 g/mol. The van der Waals surface area contributed by atoms with Crippen molar-refractivity contribution < 1.29 is 181 Å². The van der Waals surface area contributed by atoms with Crippen LogP contribution in [0.2, 0.25) is 0 Å². The number of ether oxygens (including phenoxy) is 20. The number of fused-ring (bicyclic) bond motifs is 6. The second kappa shape index (κ2) is 41.7. The van der Waals surface area contributed by atoms with Crippen molar-refractivity contribution in [2.75, 3.05) is 46.8 Å². The van der Waals surface area contributed by atoms with Crippen LogP contribution in [0.25, 0.3) is 0 Å². The van der Waals surface area contributed by atoms with Gasteiger partial charge in [0.1, 0.15) is 54.4 Å². The summed E-state index contributed by atoms with van der Waals surface area (Å²) in [5.41, 5.74) is -1.38. The molecule has 38 nitrogen and oxygen atoms in total. The van der Waals surface area contributed by atoms with Crippen LogP contribution in [-0.2, 0) is 181 Å². The van der Waals surface area contributed by atoms with Crippen LogP contribution in [0.1, 0.15) is 200 Å². The quantitative estimate of drug-likeness (QED) is 0.0684. The number of hydrogen-bond donors (Lipinski definition) is 0. The van der Waals surface area contributed by atoms with Crippen LogP contribution in [0.5, 0.6) is 0 Å². The Kier molecular flexibility index (Phi) is 32.5. The summed E-state index contributed by atoms with van der Waals surface area (Å²) >= 11 is 0. The van der Waals surface area contributed by atoms with Crippen LogP contribution in [0.3, 0.4) is 0 Å². The third kappa shape index (κ3) is 22.2. The molecule has 5 aliphatic carbocycles. The van der Waals surface area contributed by atoms with Crippen LogP contribution in [0, 0.1) is 94.2 Å². The van der Waals surface area contributed by atoms with E-state index in [-0.39, 0.29) is 176 Å². The first-order valence-electron chi connectivity index (χ1n) is 43.3. The van der Waals surface area contributed by atoms with Crippen LogP contribution in [0.4, 0.5) is 0 Å². The van der Waals surface area contributed by atoms with Gasteiger partial charge in [-0.05, 0) is 104 Å². The van der Waals surface area contributed by atoms with Gasteiger partial charge in [-0.25, -0.2) is 24.0 Å². The van der Waals surface area contributed by atoms with E-state index in [1.807, 2.05) is 55.4 Å². The number of esters is 18. The van der Waals surface area contributed by atoms with Crippen LogP contribution in [-0.4, -0.2) is 245 Å². The molecule has 124 heavy (non-hydrogen) atoms. The summed E-state index contributed by atoms with van der Waals surface area (Å²) in [5, 5.41) is 0. The zero-order chi connectivity index (χ0) is 90.8. The summed E-state index contributed by atoms with van der Waals surface area (Å²) in [7, 11) is 1.27. The Balaban J connectivity index is 0.000000156. The van der Waals surface area contributed by atoms with Crippen molar-refractivity contribution in [2.24, 2.45) is 94.2 Å². The molecule has 0 N–H and O–H groups in total. The number of rotatable bonds is 29. The Morgan fingerprint density at radius 1 is 0.427 bits per heavy atom. The topological polar surface area (TPSA) is 492 Å². The highest BCUT2D eigenvalue weighted by Crippen LogP contribution is 2.60. The van der Waals surface area contributed by atoms with Crippen molar-refractivity contribution in [3.8, 4) is 0 Å². The van der Waals surface area contributed by atoms with Crippen LogP contribution < -0.4 is 0 Å². The fourth-order valence-corrected chi connectivity index (χ4v) is 17.9. The summed E-state index contributed by atoms with van der Waals surface area (Å²) in [6.07, 6.45) is 4.12. The molecular formula is C86H118O38. The maximum Gasteiger partial charge on any atom is 0.344 e. The van der Waals surface area contributed by atoms with Gasteiger partial charge in [-0.2, -0.15) is 0 Å². The minimum Gasteiger partial charge on any atom is -0.469 e. The molecule has 15 rings (SSSR count). The summed E-state index contributed by atoms with van der Waals surface area (Å²) < 4.78 is 104. The SMILES string of the molecule is CCC(C)(C)C(=O)OC1C2CC3C(=O)OC1C3O2.CCC(C)C(=O)OCC(=O)OC1(C)CCOC(=O)C1.CCC(C)C(=O)OCC(=O)OC1C2CC3C(=O)OC1C3C2.CCC(C)C(=O)OCC(=O)OC1C2CC3C(=O)OC1C3O2.CCC(C)C(=O)OCC(=O)OC1C2CC3C1OC(=O)C3C2C(=O)OC.CCC(C)C(=O)OCC(=O)OC1CCC2CC1OC2=O. The Bertz CT molecular complexity index is 3910. The highest BCUT2D eigenvalue weighted by molar-refractivity contribution is 5.87. The minimum absolute atomic E-state index is 0.00168. The minimum atomic E-state index is -0.866. The summed E-state index contributed by atoms with van der Waals surface area (Å²) in [6.45, 7) is 23.4. The van der Waals surface area contributed by atoms with Crippen molar-refractivity contribution in [2.45, 2.75) is 291 Å². The molecule has 30 atom stereocenters. The van der Waals surface area contributed by atoms with E-state index in [1.165, 1.54) is 7.11 Å². The lowest BCUT2D eigenvalue weighted by Gasteiger charge is -2.31. The van der Waals surface area contributed by atoms with Crippen molar-refractivity contribution in [3.05, 3.63) is 0 Å². The van der Waals surface area contributed by atoms with Gasteiger partial charge in [0.25, 0.3) is 0 Å². The molecule has 10 bridgehead atoms. The maximum atomic E-state index is 12.1. The Labute approximate surface area is 717 Å². The van der Waals surface area contributed by atoms with E-state index >= 15 is 0 Å². The summed E-state index contributed by atoms with van der Waals surface area (Å²) in [6, 6.07) is 0. The van der Waals surface area contributed by atoms with Crippen molar-refractivity contribution in [3.63, 3.8) is 0 Å². The second-order valence-corrected chi connectivity index (χ2v) is 35.3. The molecule has 5 saturated carbocycles. The Morgan fingerprint density at radius 2 is 0.855 bits per heavy atom. The van der Waals surface area contributed by atoms with Crippen LogP contribution >= 0.6 is 0 Å². The Hall–Kier alpha value is -9.62. The first-order valence-corrected chi connectivity index (χ1v) is 43.3. The van der Waals surface area contributed by atoms with Gasteiger partial charge in [0, 0.05) is 36.5 Å². The first-order chi connectivity index (χ1) is 58.7. The molecule has 30 unspecified atom stereocenters. The molecule has 0 aromatic heterocycles. The van der Waals surface area contributed by atoms with Gasteiger partial charge in [-0.1, -0.05) is 76.2 Å². The van der Waals surface area contributed by atoms with E-state index in [2.05, 4.69) is 0 Å². The normalized spacial score (nSPS) is 34.3. The smallest absolute Gasteiger partial charge is 0.344 e. The molecule has 0 amide bonds. The lowest BCUT2D eigenvalue weighted by molar-refractivity contribution is -0.181. The van der Waals surface area contributed by atoms with E-state index in [9.17, 15) is 86.3 Å². The van der Waals surface area contributed by atoms with Crippen molar-refractivity contribution in [1.82, 2.24) is 0 Å². The van der Waals surface area contributed by atoms with E-state index in [4.69, 9.17) is 94.7 Å². The number of cyclic esters (lactones) is 1. The van der Waals surface area contributed by atoms with Crippen molar-refractivity contribution in [1.29, 1.82) is 0 Å². The Morgan fingerprint density at radius 3 is 1.32 bits per heavy atom. The number of hydrogen-bond acceptors (Lipinski definition) is 38. The molecular weight excluding hydrogens is 1640 g/mol. The van der Waals surface area contributed by atoms with Gasteiger partial charge in [0.2, 0.25) is 0 Å². The number of carbonyl (C=O) groups is 18. The third-order valence-corrected chi connectivity index (χ3v) is 26.6. The van der Waals surface area contributed by atoms with E-state index in [1.54, 1.807) is 41.5 Å². The standard InChI is InChI=1S/C17H22O8.C15H20O6.C14H18O7.C14H20O6.C13H20O6.C13H18O5/c1-4-7(2)15(19)23-6-10(18)24-13-8-5-9-12(11(8)16(20)22-3)17(21)25-14(9)13;1-3-7(2)14(17)19-6-11(16)20-12-8-4-9-10(5-8)15(18)21-13(9)12;1-3-6(2)13(16)18-5-9(15)20-11-8-4-7-10(19-8)12(11)21-14(7)17;1-3-8(2)13(16)18-7-12(15)19-10-5-4-9-6-11(10)20-14(9)17;1-4-9(2)12(16)18-8-11(15)19-13(3)5-6-17-10(14)7-13;1-4-13(2,3)12(15)18-9-7-5-6-8(16-7)10(9)17-11(6)14/h7-9,11-14H,4-6H2,1-3H3;7-10,12-13H,3-6H2,1-2H3;6-8,10-12H,3-5H2,1-2H3;8-11H,3-7H2,1-2H3;9H,4-8H2,1-3H3;6-10H,4-5H2,1-3H3. The van der Waals surface area contributed by atoms with Gasteiger partial charge >= 0.3 is 107 Å². The number of methoxy groups -OCH3 is 1. The molecule has 0 aromatic carbocycles. The second-order valence-electron chi connectivity index (χ2n) is 35.3. The molecule has 15 fully saturated rings. The molecule has 0 aromatic rings. The lowest BCUT2D eigenvalue weighted by Crippen LogP contribution is -2.44. The zero-order valence-corrected chi connectivity index (χ0v) is 72.8. The lowest BCUT2D eigenvalue weighted by atomic mass is 9.78. The molecule has 10 heterocycles. The van der Waals surface area contributed by atoms with Gasteiger partial charge in [0.05, 0.1) is 103 Å². The largest absolute Gasteiger partial charge is 0.469 e. The maximum absolute atomic E-state index is 12.1. The molecule has 38 heteroatoms. The van der Waals surface area contributed by atoms with Gasteiger partial charge < -0.3 is 94.7 Å².